The van der Waals surface area contributed by atoms with Gasteiger partial charge >= 0.3 is 0 Å². The monoisotopic (exact) mass is 324 g/mol. The molecule has 0 N–H and O–H groups in total. The first-order valence-corrected chi connectivity index (χ1v) is 8.52. The Kier molecular flexibility index (Phi) is 4.56. The topological polar surface area (TPSA) is 42.3 Å². The molecule has 0 spiro atoms. The van der Waals surface area contributed by atoms with E-state index in [2.05, 4.69) is 38.1 Å². The molecule has 1 aromatic carbocycles. The summed E-state index contributed by atoms with van der Waals surface area (Å²) in [6.45, 7) is 4.94. The Balaban J connectivity index is 1.80. The summed E-state index contributed by atoms with van der Waals surface area (Å²) in [4.78, 5) is 26.6. The number of aromatic nitrogens is 1. The summed E-state index contributed by atoms with van der Waals surface area (Å²) in [6, 6.07) is 11.9. The molecule has 1 saturated carbocycles. The maximum atomic E-state index is 12.8. The van der Waals surface area contributed by atoms with Gasteiger partial charge in [0.15, 0.2) is 0 Å². The number of amides is 1. The molecule has 126 valence electrons. The van der Waals surface area contributed by atoms with E-state index in [-0.39, 0.29) is 11.5 Å². The summed E-state index contributed by atoms with van der Waals surface area (Å²) in [5, 5.41) is 0. The Morgan fingerprint density at radius 3 is 2.42 bits per heavy atom. The van der Waals surface area contributed by atoms with E-state index in [4.69, 9.17) is 0 Å². The maximum absolute atomic E-state index is 12.8. The first kappa shape index (κ1) is 16.5. The summed E-state index contributed by atoms with van der Waals surface area (Å²) < 4.78 is 1.48. The number of aryl methyl sites for hydroxylation is 1. The van der Waals surface area contributed by atoms with Gasteiger partial charge in [-0.05, 0) is 36.0 Å². The molecule has 4 heteroatoms. The van der Waals surface area contributed by atoms with Crippen LogP contribution in [-0.4, -0.2) is 21.4 Å². The quantitative estimate of drug-likeness (QED) is 0.847. The molecule has 1 amide bonds. The van der Waals surface area contributed by atoms with Crippen LogP contribution in [0.1, 0.15) is 54.1 Å². The summed E-state index contributed by atoms with van der Waals surface area (Å²) in [6.07, 6.45) is 3.74. The van der Waals surface area contributed by atoms with Gasteiger partial charge in [-0.2, -0.15) is 0 Å². The summed E-state index contributed by atoms with van der Waals surface area (Å²) in [7, 11) is 1.69. The molecule has 1 aromatic heterocycles. The number of pyridine rings is 1. The number of nitrogens with zero attached hydrogens (tertiary/aromatic N) is 2. The zero-order valence-corrected chi connectivity index (χ0v) is 14.5. The van der Waals surface area contributed by atoms with E-state index in [0.717, 1.165) is 18.4 Å². The van der Waals surface area contributed by atoms with Gasteiger partial charge in [0.05, 0.1) is 0 Å². The molecule has 1 aliphatic carbocycles. The van der Waals surface area contributed by atoms with Gasteiger partial charge in [-0.15, -0.1) is 0 Å². The molecule has 1 heterocycles. The SMILES string of the molecule is CC(C)c1ccc(CN(C(=O)c2ccn(C)c(=O)c2)C2CC2)cc1. The lowest BCUT2D eigenvalue weighted by atomic mass is 10.0. The number of carbonyl (C=O) groups excluding carboxylic acids is 1. The van der Waals surface area contributed by atoms with Crippen molar-refractivity contribution in [2.24, 2.45) is 7.05 Å². The Bertz CT molecular complexity index is 786. The Labute approximate surface area is 142 Å². The molecule has 4 nitrogen and oxygen atoms in total. The Morgan fingerprint density at radius 1 is 1.21 bits per heavy atom. The van der Waals surface area contributed by atoms with E-state index in [1.54, 1.807) is 19.3 Å². The third-order valence-electron chi connectivity index (χ3n) is 4.60. The van der Waals surface area contributed by atoms with E-state index in [0.29, 0.717) is 24.1 Å². The molecule has 2 aromatic rings. The first-order chi connectivity index (χ1) is 11.5. The largest absolute Gasteiger partial charge is 0.331 e. The summed E-state index contributed by atoms with van der Waals surface area (Å²) in [5.74, 6) is 0.448. The third-order valence-corrected chi connectivity index (χ3v) is 4.60. The van der Waals surface area contributed by atoms with Crippen molar-refractivity contribution in [3.63, 3.8) is 0 Å². The molecule has 0 unspecified atom stereocenters. The van der Waals surface area contributed by atoms with Gasteiger partial charge in [-0.3, -0.25) is 9.59 Å². The van der Waals surface area contributed by atoms with Crippen molar-refractivity contribution in [1.29, 1.82) is 0 Å². The van der Waals surface area contributed by atoms with Gasteiger partial charge in [0.25, 0.3) is 11.5 Å². The lowest BCUT2D eigenvalue weighted by Gasteiger charge is -2.23. The molecule has 0 saturated heterocycles. The van der Waals surface area contributed by atoms with Gasteiger partial charge in [-0.25, -0.2) is 0 Å². The highest BCUT2D eigenvalue weighted by atomic mass is 16.2. The van der Waals surface area contributed by atoms with Gasteiger partial charge in [0.2, 0.25) is 0 Å². The minimum atomic E-state index is -0.155. The number of rotatable bonds is 5. The molecule has 1 aliphatic rings. The van der Waals surface area contributed by atoms with E-state index < -0.39 is 0 Å². The van der Waals surface area contributed by atoms with Crippen LogP contribution >= 0.6 is 0 Å². The van der Waals surface area contributed by atoms with Crippen molar-refractivity contribution in [3.05, 3.63) is 69.6 Å². The average Bonchev–Trinajstić information content (AvgIpc) is 3.40. The van der Waals surface area contributed by atoms with Crippen LogP contribution in [0.2, 0.25) is 0 Å². The molecule has 1 fully saturated rings. The fourth-order valence-corrected chi connectivity index (χ4v) is 2.80. The van der Waals surface area contributed by atoms with Crippen LogP contribution in [0, 0.1) is 0 Å². The normalized spacial score (nSPS) is 14.0. The summed E-state index contributed by atoms with van der Waals surface area (Å²) >= 11 is 0. The number of benzene rings is 1. The molecule has 0 atom stereocenters. The predicted molar refractivity (Wildman–Crippen MR) is 95.1 cm³/mol. The van der Waals surface area contributed by atoms with E-state index in [1.165, 1.54) is 16.2 Å². The second-order valence-corrected chi connectivity index (χ2v) is 6.93. The fraction of sp³-hybridized carbons (Fsp3) is 0.400. The van der Waals surface area contributed by atoms with Crippen LogP contribution in [0.4, 0.5) is 0 Å². The second-order valence-electron chi connectivity index (χ2n) is 6.93. The van der Waals surface area contributed by atoms with Gasteiger partial charge in [0.1, 0.15) is 0 Å². The van der Waals surface area contributed by atoms with Crippen molar-refractivity contribution in [2.45, 2.75) is 45.2 Å². The molecule has 0 radical (unpaired) electrons. The van der Waals surface area contributed by atoms with Gasteiger partial charge in [-0.1, -0.05) is 38.1 Å². The highest BCUT2D eigenvalue weighted by Gasteiger charge is 2.33. The third kappa shape index (κ3) is 3.58. The van der Waals surface area contributed by atoms with Crippen LogP contribution in [0.3, 0.4) is 0 Å². The van der Waals surface area contributed by atoms with Crippen molar-refractivity contribution >= 4 is 5.91 Å². The predicted octanol–water partition coefficient (Wildman–Crippen LogP) is 3.31. The van der Waals surface area contributed by atoms with Crippen molar-refractivity contribution < 1.29 is 4.79 Å². The summed E-state index contributed by atoms with van der Waals surface area (Å²) in [5.41, 5.74) is 2.75. The Hall–Kier alpha value is -2.36. The Morgan fingerprint density at radius 2 is 1.88 bits per heavy atom. The van der Waals surface area contributed by atoms with Crippen molar-refractivity contribution in [2.75, 3.05) is 0 Å². The second kappa shape index (κ2) is 6.63. The fourth-order valence-electron chi connectivity index (χ4n) is 2.80. The standard InChI is InChI=1S/C20H24N2O2/c1-14(2)16-6-4-15(5-7-16)13-22(18-8-9-18)20(24)17-10-11-21(3)19(23)12-17/h4-7,10-12,14,18H,8-9,13H2,1-3H3. The van der Waals surface area contributed by atoms with E-state index in [1.807, 2.05) is 4.90 Å². The molecule has 24 heavy (non-hydrogen) atoms. The zero-order chi connectivity index (χ0) is 17.3. The van der Waals surface area contributed by atoms with Gasteiger partial charge in [0, 0.05) is 37.5 Å². The van der Waals surface area contributed by atoms with Crippen LogP contribution in [-0.2, 0) is 13.6 Å². The van der Waals surface area contributed by atoms with E-state index >= 15 is 0 Å². The molecule has 0 aliphatic heterocycles. The van der Waals surface area contributed by atoms with E-state index in [9.17, 15) is 9.59 Å². The van der Waals surface area contributed by atoms with Crippen molar-refractivity contribution in [1.82, 2.24) is 9.47 Å². The minimum Gasteiger partial charge on any atom is -0.331 e. The van der Waals surface area contributed by atoms with Crippen LogP contribution in [0.15, 0.2) is 47.4 Å². The van der Waals surface area contributed by atoms with Crippen LogP contribution in [0.5, 0.6) is 0 Å². The lowest BCUT2D eigenvalue weighted by molar-refractivity contribution is 0.0729. The number of carbonyl (C=O) groups is 1. The highest BCUT2D eigenvalue weighted by Crippen LogP contribution is 2.30. The van der Waals surface area contributed by atoms with Crippen LogP contribution in [0.25, 0.3) is 0 Å². The molecular formula is C20H24N2O2. The average molecular weight is 324 g/mol. The zero-order valence-electron chi connectivity index (χ0n) is 14.5. The minimum absolute atomic E-state index is 0.0527. The number of hydrogen-bond acceptors (Lipinski definition) is 2. The molecule has 0 bridgehead atoms. The number of hydrogen-bond donors (Lipinski definition) is 0. The van der Waals surface area contributed by atoms with Gasteiger partial charge < -0.3 is 9.47 Å². The van der Waals surface area contributed by atoms with Crippen molar-refractivity contribution in [3.8, 4) is 0 Å². The highest BCUT2D eigenvalue weighted by molar-refractivity contribution is 5.94. The lowest BCUT2D eigenvalue weighted by Crippen LogP contribution is -2.33. The smallest absolute Gasteiger partial charge is 0.254 e. The molecular weight excluding hydrogens is 300 g/mol. The first-order valence-electron chi connectivity index (χ1n) is 8.52. The van der Waals surface area contributed by atoms with Crippen LogP contribution < -0.4 is 5.56 Å². The molecule has 3 rings (SSSR count). The maximum Gasteiger partial charge on any atom is 0.254 e.